The maximum Gasteiger partial charge on any atom is 0.422 e. The molecule has 0 aromatic rings. The third kappa shape index (κ3) is 2.37. The van der Waals surface area contributed by atoms with Gasteiger partial charge in [-0.2, -0.15) is 4.98 Å². The number of nitrogens with zero attached hydrogens (tertiary/aromatic N) is 4. The maximum atomic E-state index is 12.0. The lowest BCUT2D eigenvalue weighted by atomic mass is 10.2. The minimum Gasteiger partial charge on any atom is -0.443 e. The van der Waals surface area contributed by atoms with Crippen LogP contribution < -0.4 is 5.73 Å². The van der Waals surface area contributed by atoms with Crippen molar-refractivity contribution >= 4 is 34.6 Å². The molecule has 0 spiro atoms. The molecule has 0 radical (unpaired) electrons. The number of fused-ring (bicyclic) bond motifs is 1. The number of nitrogen functional groups attached to an aromatic ring is 1. The monoisotopic (exact) mass is 361 g/mol. The van der Waals surface area contributed by atoms with E-state index in [-0.39, 0.29) is 5.95 Å². The van der Waals surface area contributed by atoms with Gasteiger partial charge in [-0.1, -0.05) is 0 Å². The Morgan fingerprint density at radius 3 is 2.72 bits per heavy atom. The van der Waals surface area contributed by atoms with Crippen LogP contribution in [-0.4, -0.2) is 31.2 Å². The van der Waals surface area contributed by atoms with Crippen LogP contribution in [0.2, 0.25) is 0 Å². The molecule has 0 aromatic carbocycles. The largest absolute Gasteiger partial charge is 0.443 e. The Balaban J connectivity index is 2.51. The van der Waals surface area contributed by atoms with Gasteiger partial charge in [-0.3, -0.25) is 0 Å². The van der Waals surface area contributed by atoms with Crippen molar-refractivity contribution in [2.45, 2.75) is 26.4 Å². The highest BCUT2D eigenvalue weighted by Gasteiger charge is 2.25. The number of nitrogens with two attached hydrogens (primary N) is 1. The second kappa shape index (κ2) is 4.34. The first-order valence-electron chi connectivity index (χ1n) is 5.17. The van der Waals surface area contributed by atoms with Gasteiger partial charge in [0.2, 0.25) is 5.95 Å². The van der Waals surface area contributed by atoms with Crippen molar-refractivity contribution < 1.29 is 9.53 Å². The van der Waals surface area contributed by atoms with Crippen LogP contribution in [0.1, 0.15) is 20.8 Å². The summed E-state index contributed by atoms with van der Waals surface area (Å²) in [5.41, 5.74) is 5.66. The van der Waals surface area contributed by atoms with Crippen molar-refractivity contribution in [1.82, 2.24) is 19.5 Å². The highest BCUT2D eigenvalue weighted by Crippen LogP contribution is 2.24. The Labute approximate surface area is 117 Å². The number of hydrogen-bond donors (Lipinski definition) is 1. The number of ether oxygens (including phenoxy) is 1. The number of carbonyl (C=O) groups is 1. The highest BCUT2D eigenvalue weighted by molar-refractivity contribution is 14.1. The van der Waals surface area contributed by atoms with Gasteiger partial charge in [0, 0.05) is 0 Å². The topological polar surface area (TPSA) is 95.9 Å². The van der Waals surface area contributed by atoms with Crippen molar-refractivity contribution in [2.24, 2.45) is 0 Å². The van der Waals surface area contributed by atoms with Gasteiger partial charge < -0.3 is 10.5 Å². The van der Waals surface area contributed by atoms with Gasteiger partial charge in [-0.25, -0.2) is 19.3 Å². The second-order valence-corrected chi connectivity index (χ2v) is 5.64. The maximum absolute atomic E-state index is 12.0. The van der Waals surface area contributed by atoms with Gasteiger partial charge in [0.25, 0.3) is 0 Å². The molecule has 2 heterocycles. The molecular weight excluding hydrogens is 349 g/mol. The van der Waals surface area contributed by atoms with E-state index in [1.165, 1.54) is 10.9 Å². The fourth-order valence-corrected chi connectivity index (χ4v) is 2.16. The third-order valence-electron chi connectivity index (χ3n) is 2.00. The number of hydrogen-bond acceptors (Lipinski definition) is 6. The van der Waals surface area contributed by atoms with E-state index < -0.39 is 11.7 Å². The number of anilines is 1. The number of carbonyl (C=O) groups excluding carboxylic acids is 1. The molecule has 2 aliphatic rings. The van der Waals surface area contributed by atoms with Crippen molar-refractivity contribution in [3.8, 4) is 11.5 Å². The summed E-state index contributed by atoms with van der Waals surface area (Å²) in [7, 11) is 0. The molecule has 18 heavy (non-hydrogen) atoms. The lowest BCUT2D eigenvalue weighted by molar-refractivity contribution is 0.0534. The Morgan fingerprint density at radius 2 is 2.11 bits per heavy atom. The zero-order valence-corrected chi connectivity index (χ0v) is 12.3. The van der Waals surface area contributed by atoms with Gasteiger partial charge >= 0.3 is 6.09 Å². The van der Waals surface area contributed by atoms with E-state index in [0.717, 1.165) is 0 Å². The van der Waals surface area contributed by atoms with Crippen molar-refractivity contribution in [2.75, 3.05) is 5.73 Å². The van der Waals surface area contributed by atoms with Crippen LogP contribution >= 0.6 is 22.6 Å². The number of halogens is 1. The molecule has 2 aliphatic heterocycles. The van der Waals surface area contributed by atoms with Gasteiger partial charge in [0.15, 0.2) is 5.82 Å². The predicted molar refractivity (Wildman–Crippen MR) is 73.2 cm³/mol. The smallest absolute Gasteiger partial charge is 0.422 e. The molecular formula is C10H12IN5O2. The molecule has 2 rings (SSSR count). The molecule has 0 amide bonds. The second-order valence-electron chi connectivity index (χ2n) is 4.62. The molecule has 7 nitrogen and oxygen atoms in total. The quantitative estimate of drug-likeness (QED) is 0.567. The summed E-state index contributed by atoms with van der Waals surface area (Å²) in [6.45, 7) is 5.34. The predicted octanol–water partition coefficient (Wildman–Crippen LogP) is 1.75. The first-order valence-corrected chi connectivity index (χ1v) is 6.25. The Morgan fingerprint density at radius 1 is 1.44 bits per heavy atom. The molecule has 8 heteroatoms. The molecule has 0 aliphatic carbocycles. The van der Waals surface area contributed by atoms with Gasteiger partial charge in [0.1, 0.15) is 21.3 Å². The minimum absolute atomic E-state index is 0.0293. The molecule has 0 saturated carbocycles. The van der Waals surface area contributed by atoms with Crippen LogP contribution in [0.15, 0.2) is 6.33 Å². The Kier molecular flexibility index (Phi) is 3.13. The molecule has 2 N–H and O–H groups in total. The zero-order chi connectivity index (χ0) is 13.5. The third-order valence-corrected chi connectivity index (χ3v) is 2.99. The molecule has 0 aromatic heterocycles. The highest BCUT2D eigenvalue weighted by atomic mass is 127. The minimum atomic E-state index is -0.605. The average Bonchev–Trinajstić information content (AvgIpc) is 2.62. The van der Waals surface area contributed by atoms with E-state index in [4.69, 9.17) is 10.5 Å². The fourth-order valence-electron chi connectivity index (χ4n) is 1.33. The van der Waals surface area contributed by atoms with Crippen molar-refractivity contribution in [3.63, 3.8) is 0 Å². The zero-order valence-electron chi connectivity index (χ0n) is 10.1. The molecule has 0 bridgehead atoms. The molecule has 0 fully saturated rings. The summed E-state index contributed by atoms with van der Waals surface area (Å²) >= 11 is 1.97. The van der Waals surface area contributed by atoms with E-state index >= 15 is 0 Å². The van der Waals surface area contributed by atoms with E-state index in [9.17, 15) is 4.79 Å². The molecule has 0 saturated heterocycles. The van der Waals surface area contributed by atoms with Gasteiger partial charge in [-0.15, -0.1) is 0 Å². The lowest BCUT2D eigenvalue weighted by Gasteiger charge is -2.21. The fraction of sp³-hybridized carbons (Fsp3) is 0.400. The molecule has 96 valence electrons. The van der Waals surface area contributed by atoms with E-state index in [1.807, 2.05) is 22.6 Å². The normalized spacial score (nSPS) is 11.8. The van der Waals surface area contributed by atoms with Crippen LogP contribution in [0.25, 0.3) is 11.5 Å². The summed E-state index contributed by atoms with van der Waals surface area (Å²) in [5.74, 6) is 0.443. The first-order chi connectivity index (χ1) is 8.29. The number of aromatic nitrogens is 4. The lowest BCUT2D eigenvalue weighted by Crippen LogP contribution is -2.30. The van der Waals surface area contributed by atoms with Crippen LogP contribution in [0, 0.1) is 3.70 Å². The molecule has 0 atom stereocenters. The van der Waals surface area contributed by atoms with Crippen LogP contribution in [0.3, 0.4) is 0 Å². The summed E-state index contributed by atoms with van der Waals surface area (Å²) in [4.78, 5) is 24.0. The Hall–Kier alpha value is -1.45. The van der Waals surface area contributed by atoms with E-state index in [1.54, 1.807) is 20.8 Å². The van der Waals surface area contributed by atoms with E-state index in [0.29, 0.717) is 15.2 Å². The van der Waals surface area contributed by atoms with Crippen LogP contribution in [0.5, 0.6) is 0 Å². The van der Waals surface area contributed by atoms with Crippen LogP contribution in [0.4, 0.5) is 10.7 Å². The average molecular weight is 361 g/mol. The molecule has 0 unspecified atom stereocenters. The standard InChI is InChI=1S/C10H12IN5O2/c1-10(2,3)18-9(17)16-6(11)5-7(14-4-13-5)15-8(16)12/h4H,1-3H3,(H2,12,13,14,15). The summed E-state index contributed by atoms with van der Waals surface area (Å²) in [6.07, 6.45) is 0.792. The van der Waals surface area contributed by atoms with E-state index in [2.05, 4.69) is 15.0 Å². The Bertz CT molecular complexity index is 575. The number of imidazole rings is 1. The van der Waals surface area contributed by atoms with Crippen LogP contribution in [-0.2, 0) is 4.74 Å². The first kappa shape index (κ1) is 13.0. The van der Waals surface area contributed by atoms with Crippen molar-refractivity contribution in [3.05, 3.63) is 10.0 Å². The van der Waals surface area contributed by atoms with Crippen molar-refractivity contribution in [1.29, 1.82) is 0 Å². The summed E-state index contributed by atoms with van der Waals surface area (Å²) < 4.78 is 6.97. The SMILES string of the molecule is CC(C)(C)OC(=O)n1c(N)nc2ncnc-2c1I. The van der Waals surface area contributed by atoms with Gasteiger partial charge in [-0.05, 0) is 43.4 Å². The summed E-state index contributed by atoms with van der Waals surface area (Å²) in [5, 5.41) is 0. The summed E-state index contributed by atoms with van der Waals surface area (Å²) in [6, 6.07) is 0. The van der Waals surface area contributed by atoms with Gasteiger partial charge in [0.05, 0.1) is 0 Å². The number of rotatable bonds is 0.